The first-order chi connectivity index (χ1) is 9.43. The lowest BCUT2D eigenvalue weighted by molar-refractivity contribution is 0.0977. The van der Waals surface area contributed by atoms with E-state index in [-0.39, 0.29) is 5.02 Å². The molecule has 0 radical (unpaired) electrons. The van der Waals surface area contributed by atoms with Crippen molar-refractivity contribution in [2.75, 3.05) is 0 Å². The molecule has 0 saturated carbocycles. The standard InChI is InChI=1S/C15H11ClFNO2/c1-8-5-12(9(2)20-8)15(19)13(7-18)11-4-3-10(17)6-14(11)16/h3-6,13H,1-2H3. The van der Waals surface area contributed by atoms with Gasteiger partial charge in [0.1, 0.15) is 23.3 Å². The number of hydrogen-bond acceptors (Lipinski definition) is 3. The van der Waals surface area contributed by atoms with Gasteiger partial charge in [0.15, 0.2) is 5.78 Å². The second kappa shape index (κ2) is 5.48. The second-order valence-electron chi connectivity index (χ2n) is 4.42. The fourth-order valence-electron chi connectivity index (χ4n) is 2.04. The highest BCUT2D eigenvalue weighted by atomic mass is 35.5. The summed E-state index contributed by atoms with van der Waals surface area (Å²) in [6.45, 7) is 3.37. The van der Waals surface area contributed by atoms with Crippen LogP contribution in [-0.2, 0) is 0 Å². The van der Waals surface area contributed by atoms with E-state index < -0.39 is 17.5 Å². The third-order valence-electron chi connectivity index (χ3n) is 2.97. The van der Waals surface area contributed by atoms with E-state index in [0.717, 1.165) is 6.07 Å². The van der Waals surface area contributed by atoms with E-state index in [1.807, 2.05) is 6.07 Å². The Balaban J connectivity index is 2.45. The monoisotopic (exact) mass is 291 g/mol. The van der Waals surface area contributed by atoms with Crippen LogP contribution in [0.3, 0.4) is 0 Å². The van der Waals surface area contributed by atoms with Crippen molar-refractivity contribution < 1.29 is 13.6 Å². The van der Waals surface area contributed by atoms with Gasteiger partial charge in [0, 0.05) is 5.02 Å². The summed E-state index contributed by atoms with van der Waals surface area (Å²) < 4.78 is 18.3. The van der Waals surface area contributed by atoms with E-state index in [9.17, 15) is 14.4 Å². The lowest BCUT2D eigenvalue weighted by Crippen LogP contribution is -2.12. The van der Waals surface area contributed by atoms with Crippen LogP contribution in [0.25, 0.3) is 0 Å². The number of hydrogen-bond donors (Lipinski definition) is 0. The van der Waals surface area contributed by atoms with Crippen LogP contribution in [0.5, 0.6) is 0 Å². The highest BCUT2D eigenvalue weighted by Crippen LogP contribution is 2.29. The Morgan fingerprint density at radius 1 is 1.40 bits per heavy atom. The van der Waals surface area contributed by atoms with Gasteiger partial charge in [0.25, 0.3) is 0 Å². The number of halogens is 2. The molecule has 102 valence electrons. The number of rotatable bonds is 3. The SMILES string of the molecule is Cc1cc(C(=O)C(C#N)c2ccc(F)cc2Cl)c(C)o1. The van der Waals surface area contributed by atoms with E-state index in [4.69, 9.17) is 16.0 Å². The summed E-state index contributed by atoms with van der Waals surface area (Å²) in [6, 6.07) is 7.11. The Hall–Kier alpha value is -2.12. The Kier molecular flexibility index (Phi) is 3.91. The molecule has 1 aromatic heterocycles. The molecule has 0 saturated heterocycles. The quantitative estimate of drug-likeness (QED) is 0.797. The summed E-state index contributed by atoms with van der Waals surface area (Å²) in [5.74, 6) is -0.967. The van der Waals surface area contributed by atoms with Gasteiger partial charge in [0.2, 0.25) is 0 Å². The highest BCUT2D eigenvalue weighted by molar-refractivity contribution is 6.31. The van der Waals surface area contributed by atoms with Crippen LogP contribution in [0, 0.1) is 31.0 Å². The number of Topliss-reactive ketones (excluding diaryl/α,β-unsaturated/α-hetero) is 1. The van der Waals surface area contributed by atoms with Crippen molar-refractivity contribution in [3.05, 3.63) is 57.8 Å². The number of benzene rings is 1. The third kappa shape index (κ3) is 2.59. The zero-order valence-electron chi connectivity index (χ0n) is 10.9. The summed E-state index contributed by atoms with van der Waals surface area (Å²) in [5, 5.41) is 9.31. The number of carbonyl (C=O) groups is 1. The van der Waals surface area contributed by atoms with Gasteiger partial charge in [-0.1, -0.05) is 17.7 Å². The molecule has 1 unspecified atom stereocenters. The second-order valence-corrected chi connectivity index (χ2v) is 4.83. The predicted molar refractivity (Wildman–Crippen MR) is 72.3 cm³/mol. The molecule has 1 aromatic carbocycles. The zero-order valence-corrected chi connectivity index (χ0v) is 11.7. The Bertz CT molecular complexity index is 715. The number of nitriles is 1. The minimum atomic E-state index is -1.08. The van der Waals surface area contributed by atoms with Crippen LogP contribution < -0.4 is 0 Å². The molecule has 1 heterocycles. The molecule has 0 aliphatic rings. The van der Waals surface area contributed by atoms with Crippen LogP contribution in [-0.4, -0.2) is 5.78 Å². The smallest absolute Gasteiger partial charge is 0.188 e. The van der Waals surface area contributed by atoms with Crippen molar-refractivity contribution in [1.29, 1.82) is 5.26 Å². The molecule has 5 heteroatoms. The predicted octanol–water partition coefficient (Wildman–Crippen LogP) is 4.18. The number of aryl methyl sites for hydroxylation is 2. The molecular formula is C15H11ClFNO2. The first-order valence-corrected chi connectivity index (χ1v) is 6.27. The van der Waals surface area contributed by atoms with E-state index in [0.29, 0.717) is 22.6 Å². The largest absolute Gasteiger partial charge is 0.466 e. The Morgan fingerprint density at radius 3 is 2.60 bits per heavy atom. The summed E-state index contributed by atoms with van der Waals surface area (Å²) in [6.07, 6.45) is 0. The van der Waals surface area contributed by atoms with Crippen molar-refractivity contribution in [3.63, 3.8) is 0 Å². The van der Waals surface area contributed by atoms with E-state index >= 15 is 0 Å². The maximum absolute atomic E-state index is 13.0. The van der Waals surface area contributed by atoms with E-state index in [1.54, 1.807) is 19.9 Å². The first kappa shape index (κ1) is 14.3. The summed E-state index contributed by atoms with van der Waals surface area (Å²) >= 11 is 5.91. The summed E-state index contributed by atoms with van der Waals surface area (Å²) in [4.78, 5) is 12.4. The molecule has 0 spiro atoms. The van der Waals surface area contributed by atoms with Gasteiger partial charge >= 0.3 is 0 Å². The molecule has 2 aromatic rings. The maximum atomic E-state index is 13.0. The van der Waals surface area contributed by atoms with Crippen LogP contribution in [0.1, 0.15) is 33.4 Å². The van der Waals surface area contributed by atoms with Crippen molar-refractivity contribution in [3.8, 4) is 6.07 Å². The fourth-order valence-corrected chi connectivity index (χ4v) is 2.31. The molecule has 0 bridgehead atoms. The molecule has 0 fully saturated rings. The molecule has 3 nitrogen and oxygen atoms in total. The number of furan rings is 1. The lowest BCUT2D eigenvalue weighted by atomic mass is 9.92. The summed E-state index contributed by atoms with van der Waals surface area (Å²) in [5.41, 5.74) is 0.633. The fraction of sp³-hybridized carbons (Fsp3) is 0.200. The molecule has 2 rings (SSSR count). The average molecular weight is 292 g/mol. The molecule has 0 aliphatic carbocycles. The van der Waals surface area contributed by atoms with Gasteiger partial charge in [-0.2, -0.15) is 5.26 Å². The maximum Gasteiger partial charge on any atom is 0.188 e. The minimum Gasteiger partial charge on any atom is -0.466 e. The molecule has 0 amide bonds. The zero-order chi connectivity index (χ0) is 14.9. The van der Waals surface area contributed by atoms with Crippen LogP contribution in [0.2, 0.25) is 5.02 Å². The van der Waals surface area contributed by atoms with Crippen LogP contribution in [0.4, 0.5) is 4.39 Å². The molecule has 0 aliphatic heterocycles. The van der Waals surface area contributed by atoms with Crippen LogP contribution >= 0.6 is 11.6 Å². The molecule has 1 atom stereocenters. The molecule has 20 heavy (non-hydrogen) atoms. The Labute approximate surface area is 120 Å². The van der Waals surface area contributed by atoms with Crippen LogP contribution in [0.15, 0.2) is 28.7 Å². The topological polar surface area (TPSA) is 54.0 Å². The van der Waals surface area contributed by atoms with E-state index in [1.165, 1.54) is 12.1 Å². The van der Waals surface area contributed by atoms with Gasteiger partial charge in [-0.25, -0.2) is 4.39 Å². The lowest BCUT2D eigenvalue weighted by Gasteiger charge is -2.10. The molecule has 0 N–H and O–H groups in total. The number of carbonyl (C=O) groups excluding carboxylic acids is 1. The first-order valence-electron chi connectivity index (χ1n) is 5.90. The number of nitrogens with zero attached hydrogens (tertiary/aromatic N) is 1. The Morgan fingerprint density at radius 2 is 2.10 bits per heavy atom. The van der Waals surface area contributed by atoms with Crippen molar-refractivity contribution in [1.82, 2.24) is 0 Å². The van der Waals surface area contributed by atoms with Gasteiger partial charge < -0.3 is 4.42 Å². The minimum absolute atomic E-state index is 0.0581. The van der Waals surface area contributed by atoms with Gasteiger partial charge in [-0.15, -0.1) is 0 Å². The van der Waals surface area contributed by atoms with Gasteiger partial charge in [-0.3, -0.25) is 4.79 Å². The highest BCUT2D eigenvalue weighted by Gasteiger charge is 2.27. The number of ketones is 1. The van der Waals surface area contributed by atoms with Crippen molar-refractivity contribution >= 4 is 17.4 Å². The van der Waals surface area contributed by atoms with Crippen molar-refractivity contribution in [2.24, 2.45) is 0 Å². The third-order valence-corrected chi connectivity index (χ3v) is 3.30. The van der Waals surface area contributed by atoms with E-state index in [2.05, 4.69) is 0 Å². The molecular weight excluding hydrogens is 281 g/mol. The van der Waals surface area contributed by atoms with Crippen molar-refractivity contribution in [2.45, 2.75) is 19.8 Å². The summed E-state index contributed by atoms with van der Waals surface area (Å²) in [7, 11) is 0. The normalized spacial score (nSPS) is 11.9. The van der Waals surface area contributed by atoms with Gasteiger partial charge in [-0.05, 0) is 37.6 Å². The van der Waals surface area contributed by atoms with Gasteiger partial charge in [0.05, 0.1) is 11.6 Å². The average Bonchev–Trinajstić information content (AvgIpc) is 2.71.